The molecule has 2 saturated heterocycles. The largest absolute Gasteiger partial charge is 0.756 e. The molecule has 0 spiro atoms. The van der Waals surface area contributed by atoms with Crippen molar-refractivity contribution in [2.24, 2.45) is 0 Å². The summed E-state index contributed by atoms with van der Waals surface area (Å²) in [5, 5.41) is 9.05. The lowest BCUT2D eigenvalue weighted by molar-refractivity contribution is -0.223. The lowest BCUT2D eigenvalue weighted by Crippen LogP contribution is -2.36. The van der Waals surface area contributed by atoms with Gasteiger partial charge in [0.05, 0.1) is 31.9 Å². The molecule has 0 aliphatic carbocycles. The van der Waals surface area contributed by atoms with Crippen LogP contribution in [0.3, 0.4) is 0 Å². The van der Waals surface area contributed by atoms with Gasteiger partial charge in [0.25, 0.3) is 7.82 Å². The molecule has 2 aliphatic heterocycles. The van der Waals surface area contributed by atoms with Crippen LogP contribution in [-0.2, 0) is 23.1 Å². The van der Waals surface area contributed by atoms with Crippen LogP contribution in [0.2, 0.25) is 0 Å². The number of hydrogen-bond donors (Lipinski definition) is 3. The van der Waals surface area contributed by atoms with Crippen LogP contribution in [0.25, 0.3) is 0 Å². The van der Waals surface area contributed by atoms with Gasteiger partial charge in [-0.3, -0.25) is 9.36 Å². The number of carbonyl (C=O) groups is 2. The van der Waals surface area contributed by atoms with E-state index in [1.807, 2.05) is 25.6 Å². The molecule has 0 aromatic rings. The Hall–Kier alpha value is -0.840. The maximum absolute atomic E-state index is 11.8. The van der Waals surface area contributed by atoms with Crippen LogP contribution in [-0.4, -0.2) is 68.5 Å². The fourth-order valence-corrected chi connectivity index (χ4v) is 4.94. The molecule has 2 rings (SSSR count). The Kier molecular flexibility index (Phi) is 12.8. The highest BCUT2D eigenvalue weighted by Crippen LogP contribution is 2.36. The predicted octanol–water partition coefficient (Wildman–Crippen LogP) is 1.00. The highest BCUT2D eigenvalue weighted by Gasteiger charge is 2.42. The van der Waals surface area contributed by atoms with Crippen molar-refractivity contribution in [3.8, 4) is 0 Å². The third-order valence-corrected chi connectivity index (χ3v) is 6.80. The number of amides is 3. The van der Waals surface area contributed by atoms with Crippen LogP contribution in [0.1, 0.15) is 39.5 Å². The van der Waals surface area contributed by atoms with E-state index in [0.29, 0.717) is 18.2 Å². The average molecular weight is 455 g/mol. The third kappa shape index (κ3) is 10.1. The van der Waals surface area contributed by atoms with Crippen LogP contribution in [0.4, 0.5) is 4.79 Å². The highest BCUT2D eigenvalue weighted by atomic mass is 32.2. The molecule has 3 amide bonds. The van der Waals surface area contributed by atoms with Gasteiger partial charge in [0.2, 0.25) is 5.91 Å². The van der Waals surface area contributed by atoms with Crippen LogP contribution in [0.15, 0.2) is 0 Å². The second kappa shape index (κ2) is 14.2. The highest BCUT2D eigenvalue weighted by molar-refractivity contribution is 8.00. The molecular formula is C17H33N3O7PS-. The van der Waals surface area contributed by atoms with Crippen molar-refractivity contribution >= 4 is 31.5 Å². The van der Waals surface area contributed by atoms with Crippen LogP contribution >= 0.6 is 19.6 Å². The fraction of sp³-hybridized carbons (Fsp3) is 0.882. The van der Waals surface area contributed by atoms with Gasteiger partial charge in [0.15, 0.2) is 0 Å². The van der Waals surface area contributed by atoms with Crippen molar-refractivity contribution in [2.75, 3.05) is 39.2 Å². The number of carbonyl (C=O) groups excluding carboxylic acids is 2. The molecule has 3 N–H and O–H groups in total. The molecule has 12 heteroatoms. The molecule has 2 fully saturated rings. The van der Waals surface area contributed by atoms with Gasteiger partial charge in [-0.25, -0.2) is 4.79 Å². The molecule has 4 atom stereocenters. The number of rotatable bonds is 13. The number of urea groups is 1. The molecule has 4 unspecified atom stereocenters. The van der Waals surface area contributed by atoms with Crippen LogP contribution in [0, 0.1) is 0 Å². The Morgan fingerprint density at radius 2 is 2.03 bits per heavy atom. The van der Waals surface area contributed by atoms with E-state index in [2.05, 4.69) is 25.0 Å². The van der Waals surface area contributed by atoms with Gasteiger partial charge in [0, 0.05) is 31.1 Å². The first-order valence-electron chi connectivity index (χ1n) is 9.95. The molecule has 0 saturated carbocycles. The number of ether oxygens (including phenoxy) is 1. The second-order valence-corrected chi connectivity index (χ2v) is 9.08. The normalized spacial score (nSPS) is 24.6. The second-order valence-electron chi connectivity index (χ2n) is 6.29. The standard InChI is InChI=1S/C15H28N3O7PS.C2H6/c1-23-26(21,22)25-9-8-24-7-6-16-13(19)5-3-2-4-12-14-11(10-27-12)17-15(20)18-14;1-2/h11-12,14H,2-10H2,1H3,(H,16,19)(H,21,22)(H2,17,18,20);1-2H3/p-1. The monoisotopic (exact) mass is 454 g/mol. The fourth-order valence-electron chi connectivity index (χ4n) is 2.99. The van der Waals surface area contributed by atoms with Crippen molar-refractivity contribution in [3.05, 3.63) is 0 Å². The van der Waals surface area contributed by atoms with Gasteiger partial charge >= 0.3 is 6.03 Å². The zero-order chi connectivity index (χ0) is 21.7. The van der Waals surface area contributed by atoms with Gasteiger partial charge in [-0.1, -0.05) is 20.3 Å². The summed E-state index contributed by atoms with van der Waals surface area (Å²) in [7, 11) is -3.18. The lowest BCUT2D eigenvalue weighted by atomic mass is 10.0. The molecular weight excluding hydrogens is 421 g/mol. The van der Waals surface area contributed by atoms with E-state index in [1.54, 1.807) is 0 Å². The Balaban J connectivity index is 0.00000204. The summed E-state index contributed by atoms with van der Waals surface area (Å²) in [5.74, 6) is 0.906. The summed E-state index contributed by atoms with van der Waals surface area (Å²) in [5.41, 5.74) is 0. The number of unbranched alkanes of at least 4 members (excludes halogenated alkanes) is 1. The first-order chi connectivity index (χ1) is 13.9. The molecule has 10 nitrogen and oxygen atoms in total. The van der Waals surface area contributed by atoms with Crippen molar-refractivity contribution in [1.82, 2.24) is 16.0 Å². The van der Waals surface area contributed by atoms with Gasteiger partial charge in [-0.15, -0.1) is 0 Å². The molecule has 0 bridgehead atoms. The van der Waals surface area contributed by atoms with Crippen LogP contribution < -0.4 is 20.8 Å². The first kappa shape index (κ1) is 26.2. The Bertz CT molecular complexity index is 555. The van der Waals surface area contributed by atoms with E-state index in [1.165, 1.54) is 0 Å². The molecule has 29 heavy (non-hydrogen) atoms. The van der Waals surface area contributed by atoms with Crippen molar-refractivity contribution in [3.63, 3.8) is 0 Å². The van der Waals surface area contributed by atoms with E-state index >= 15 is 0 Å². The van der Waals surface area contributed by atoms with Crippen molar-refractivity contribution < 1.29 is 32.8 Å². The quantitative estimate of drug-likeness (QED) is 0.213. The number of fused-ring (bicyclic) bond motifs is 1. The van der Waals surface area contributed by atoms with Gasteiger partial charge < -0.3 is 34.6 Å². The summed E-state index contributed by atoms with van der Waals surface area (Å²) >= 11 is 1.87. The van der Waals surface area contributed by atoms with Crippen LogP contribution in [0.5, 0.6) is 0 Å². The van der Waals surface area contributed by atoms with E-state index < -0.39 is 7.82 Å². The summed E-state index contributed by atoms with van der Waals surface area (Å²) in [6.07, 6.45) is 3.17. The smallest absolute Gasteiger partial charge is 0.315 e. The van der Waals surface area contributed by atoms with E-state index in [4.69, 9.17) is 4.74 Å². The Morgan fingerprint density at radius 3 is 2.76 bits per heavy atom. The number of nitrogens with one attached hydrogen (secondary N) is 3. The Morgan fingerprint density at radius 1 is 1.28 bits per heavy atom. The molecule has 2 aliphatic rings. The minimum Gasteiger partial charge on any atom is -0.756 e. The molecule has 0 radical (unpaired) electrons. The zero-order valence-corrected chi connectivity index (χ0v) is 19.0. The number of thioether (sulfide) groups is 1. The van der Waals surface area contributed by atoms with E-state index in [9.17, 15) is 19.0 Å². The SMILES string of the molecule is CC.COP(=O)([O-])OCCOCCNC(=O)CCCCC1SCC2NC(=O)NC21. The number of phosphoric acid groups is 1. The molecule has 0 aromatic heterocycles. The van der Waals surface area contributed by atoms with Gasteiger partial charge in [-0.05, 0) is 12.8 Å². The molecule has 170 valence electrons. The minimum absolute atomic E-state index is 0.0360. The van der Waals surface area contributed by atoms with E-state index in [0.717, 1.165) is 32.1 Å². The number of hydrogen-bond acceptors (Lipinski definition) is 8. The maximum Gasteiger partial charge on any atom is 0.315 e. The Labute approximate surface area is 176 Å². The number of phosphoric ester groups is 1. The lowest BCUT2D eigenvalue weighted by Gasteiger charge is -2.19. The summed E-state index contributed by atoms with van der Waals surface area (Å²) < 4.78 is 24.7. The first-order valence-corrected chi connectivity index (χ1v) is 12.5. The average Bonchev–Trinajstić information content (AvgIpc) is 3.25. The zero-order valence-electron chi connectivity index (χ0n) is 17.3. The molecule has 0 aromatic carbocycles. The predicted molar refractivity (Wildman–Crippen MR) is 110 cm³/mol. The topological polar surface area (TPSA) is 138 Å². The summed E-state index contributed by atoms with van der Waals surface area (Å²) in [4.78, 5) is 34.0. The van der Waals surface area contributed by atoms with Crippen molar-refractivity contribution in [1.29, 1.82) is 0 Å². The van der Waals surface area contributed by atoms with Crippen molar-refractivity contribution in [2.45, 2.75) is 56.9 Å². The molecule has 2 heterocycles. The maximum atomic E-state index is 11.8. The van der Waals surface area contributed by atoms with E-state index in [-0.39, 0.29) is 43.8 Å². The third-order valence-electron chi connectivity index (χ3n) is 4.35. The van der Waals surface area contributed by atoms with Gasteiger partial charge in [0.1, 0.15) is 0 Å². The summed E-state index contributed by atoms with van der Waals surface area (Å²) in [6, 6.07) is 0.359. The minimum atomic E-state index is -4.20. The summed E-state index contributed by atoms with van der Waals surface area (Å²) in [6.45, 7) is 4.61. The van der Waals surface area contributed by atoms with Gasteiger partial charge in [-0.2, -0.15) is 11.8 Å².